The number of rotatable bonds is 5. The highest BCUT2D eigenvalue weighted by Gasteiger charge is 2.41. The maximum atomic E-state index is 12.5. The van der Waals surface area contributed by atoms with Gasteiger partial charge in [0.15, 0.2) is 0 Å². The highest BCUT2D eigenvalue weighted by Crippen LogP contribution is 2.33. The molecule has 1 fully saturated rings. The molecule has 0 aromatic heterocycles. The van der Waals surface area contributed by atoms with Gasteiger partial charge in [0.1, 0.15) is 5.25 Å². The Morgan fingerprint density at radius 1 is 1.04 bits per heavy atom. The standard InChI is InChI=1S/C18H14N2O5S/c21-15(19-12-8-6-11(7-9-12)17(23)24)10-14-16(22)20(18(25)26-14)13-4-2-1-3-5-13/h1-9,14H,10H2,(H,19,21)(H,23,24). The first-order valence-corrected chi connectivity index (χ1v) is 8.56. The van der Waals surface area contributed by atoms with Crippen LogP contribution in [0.4, 0.5) is 16.2 Å². The molecule has 1 unspecified atom stereocenters. The van der Waals surface area contributed by atoms with E-state index in [9.17, 15) is 19.2 Å². The van der Waals surface area contributed by atoms with Gasteiger partial charge in [-0.15, -0.1) is 0 Å². The van der Waals surface area contributed by atoms with Crippen molar-refractivity contribution in [3.8, 4) is 0 Å². The summed E-state index contributed by atoms with van der Waals surface area (Å²) in [5.41, 5.74) is 0.998. The lowest BCUT2D eigenvalue weighted by atomic mass is 10.2. The second kappa shape index (κ2) is 7.40. The number of hydrogen-bond donors (Lipinski definition) is 2. The van der Waals surface area contributed by atoms with Gasteiger partial charge in [-0.2, -0.15) is 0 Å². The summed E-state index contributed by atoms with van der Waals surface area (Å²) in [5, 5.41) is 10.3. The van der Waals surface area contributed by atoms with Crippen LogP contribution in [0.25, 0.3) is 0 Å². The number of nitrogens with one attached hydrogen (secondary N) is 1. The van der Waals surface area contributed by atoms with Crippen molar-refractivity contribution in [1.29, 1.82) is 0 Å². The largest absolute Gasteiger partial charge is 0.478 e. The predicted octanol–water partition coefficient (Wildman–Crippen LogP) is 2.98. The maximum Gasteiger partial charge on any atom is 0.335 e. The van der Waals surface area contributed by atoms with Crippen LogP contribution in [0, 0.1) is 0 Å². The van der Waals surface area contributed by atoms with Crippen molar-refractivity contribution in [3.05, 3.63) is 60.2 Å². The zero-order chi connectivity index (χ0) is 18.7. The van der Waals surface area contributed by atoms with Crippen molar-refractivity contribution < 1.29 is 24.3 Å². The van der Waals surface area contributed by atoms with Gasteiger partial charge in [0.05, 0.1) is 11.3 Å². The Balaban J connectivity index is 1.63. The molecular formula is C18H14N2O5S. The lowest BCUT2D eigenvalue weighted by Gasteiger charge is -2.13. The molecule has 2 aromatic rings. The predicted molar refractivity (Wildman–Crippen MR) is 97.4 cm³/mol. The number of hydrogen-bond acceptors (Lipinski definition) is 5. The van der Waals surface area contributed by atoms with E-state index in [4.69, 9.17) is 5.11 Å². The molecule has 7 nitrogen and oxygen atoms in total. The van der Waals surface area contributed by atoms with E-state index in [1.807, 2.05) is 0 Å². The monoisotopic (exact) mass is 370 g/mol. The van der Waals surface area contributed by atoms with E-state index in [1.165, 1.54) is 24.3 Å². The molecule has 3 amide bonds. The van der Waals surface area contributed by atoms with E-state index in [1.54, 1.807) is 30.3 Å². The van der Waals surface area contributed by atoms with Gasteiger partial charge in [0.2, 0.25) is 11.8 Å². The molecule has 2 N–H and O–H groups in total. The van der Waals surface area contributed by atoms with Gasteiger partial charge in [-0.05, 0) is 48.2 Å². The van der Waals surface area contributed by atoms with Crippen LogP contribution in [0.2, 0.25) is 0 Å². The number of aromatic carboxylic acids is 1. The first-order valence-electron chi connectivity index (χ1n) is 7.68. The van der Waals surface area contributed by atoms with Crippen molar-refractivity contribution in [2.45, 2.75) is 11.7 Å². The Kier molecular flexibility index (Phi) is 5.04. The fourth-order valence-corrected chi connectivity index (χ4v) is 3.46. The molecule has 0 saturated carbocycles. The Morgan fingerprint density at radius 3 is 2.31 bits per heavy atom. The van der Waals surface area contributed by atoms with Crippen LogP contribution >= 0.6 is 11.8 Å². The Bertz CT molecular complexity index is 867. The van der Waals surface area contributed by atoms with E-state index < -0.39 is 28.3 Å². The molecule has 8 heteroatoms. The molecule has 1 saturated heterocycles. The van der Waals surface area contributed by atoms with Crippen LogP contribution in [0.5, 0.6) is 0 Å². The quantitative estimate of drug-likeness (QED) is 0.839. The first-order chi connectivity index (χ1) is 12.5. The van der Waals surface area contributed by atoms with Crippen molar-refractivity contribution in [1.82, 2.24) is 0 Å². The molecule has 26 heavy (non-hydrogen) atoms. The van der Waals surface area contributed by atoms with E-state index in [0.717, 1.165) is 16.7 Å². The summed E-state index contributed by atoms with van der Waals surface area (Å²) in [6, 6.07) is 14.2. The topological polar surface area (TPSA) is 104 Å². The third-order valence-electron chi connectivity index (χ3n) is 3.72. The second-order valence-corrected chi connectivity index (χ2v) is 6.67. The Labute approximate surface area is 153 Å². The van der Waals surface area contributed by atoms with E-state index in [-0.39, 0.29) is 12.0 Å². The first kappa shape index (κ1) is 17.7. The molecule has 1 heterocycles. The summed E-state index contributed by atoms with van der Waals surface area (Å²) in [6.45, 7) is 0. The van der Waals surface area contributed by atoms with Crippen LogP contribution in [0.1, 0.15) is 16.8 Å². The smallest absolute Gasteiger partial charge is 0.335 e. The number of imide groups is 1. The molecule has 3 rings (SSSR count). The average Bonchev–Trinajstić information content (AvgIpc) is 2.89. The fourth-order valence-electron chi connectivity index (χ4n) is 2.47. The SMILES string of the molecule is O=C(CC1SC(=O)N(c2ccccc2)C1=O)Nc1ccc(C(=O)O)cc1. The van der Waals surface area contributed by atoms with Crippen LogP contribution < -0.4 is 10.2 Å². The van der Waals surface area contributed by atoms with E-state index in [0.29, 0.717) is 11.4 Å². The second-order valence-electron chi connectivity index (χ2n) is 5.52. The Morgan fingerprint density at radius 2 is 1.69 bits per heavy atom. The molecule has 0 radical (unpaired) electrons. The Hall–Kier alpha value is -3.13. The number of carbonyl (C=O) groups excluding carboxylic acids is 3. The zero-order valence-electron chi connectivity index (χ0n) is 13.4. The van der Waals surface area contributed by atoms with Crippen LogP contribution in [-0.4, -0.2) is 33.4 Å². The van der Waals surface area contributed by atoms with Crippen LogP contribution in [0.15, 0.2) is 54.6 Å². The van der Waals surface area contributed by atoms with Crippen LogP contribution in [-0.2, 0) is 9.59 Å². The van der Waals surface area contributed by atoms with Crippen molar-refractivity contribution in [2.24, 2.45) is 0 Å². The van der Waals surface area contributed by atoms with Gasteiger partial charge in [-0.25, -0.2) is 9.69 Å². The zero-order valence-corrected chi connectivity index (χ0v) is 14.2. The van der Waals surface area contributed by atoms with Crippen LogP contribution in [0.3, 0.4) is 0 Å². The average molecular weight is 370 g/mol. The van der Waals surface area contributed by atoms with Gasteiger partial charge in [0.25, 0.3) is 5.24 Å². The van der Waals surface area contributed by atoms with Crippen molar-refractivity contribution in [2.75, 3.05) is 10.2 Å². The number of para-hydroxylation sites is 1. The summed E-state index contributed by atoms with van der Waals surface area (Å²) < 4.78 is 0. The van der Waals surface area contributed by atoms with E-state index >= 15 is 0 Å². The summed E-state index contributed by atoms with van der Waals surface area (Å²) in [4.78, 5) is 48.6. The van der Waals surface area contributed by atoms with Gasteiger partial charge >= 0.3 is 5.97 Å². The minimum absolute atomic E-state index is 0.105. The van der Waals surface area contributed by atoms with Crippen molar-refractivity contribution >= 4 is 46.2 Å². The number of benzene rings is 2. The molecule has 0 bridgehead atoms. The molecule has 0 spiro atoms. The summed E-state index contributed by atoms with van der Waals surface area (Å²) in [5.74, 6) is -1.92. The molecule has 1 aliphatic rings. The number of carbonyl (C=O) groups is 4. The van der Waals surface area contributed by atoms with Gasteiger partial charge in [-0.1, -0.05) is 18.2 Å². The third kappa shape index (κ3) is 3.75. The third-order valence-corrected chi connectivity index (χ3v) is 4.76. The molecule has 0 aliphatic carbocycles. The molecule has 2 aromatic carbocycles. The number of amides is 3. The van der Waals surface area contributed by atoms with Gasteiger partial charge in [0, 0.05) is 12.1 Å². The normalized spacial score (nSPS) is 16.6. The lowest BCUT2D eigenvalue weighted by molar-refractivity contribution is -0.121. The molecular weight excluding hydrogens is 356 g/mol. The number of carboxylic acid groups (broad SMARTS) is 1. The van der Waals surface area contributed by atoms with Gasteiger partial charge in [-0.3, -0.25) is 14.4 Å². The minimum Gasteiger partial charge on any atom is -0.478 e. The highest BCUT2D eigenvalue weighted by molar-refractivity contribution is 8.15. The van der Waals surface area contributed by atoms with Gasteiger partial charge < -0.3 is 10.4 Å². The molecule has 1 atom stereocenters. The minimum atomic E-state index is -1.06. The number of anilines is 2. The van der Waals surface area contributed by atoms with Crippen molar-refractivity contribution in [3.63, 3.8) is 0 Å². The summed E-state index contributed by atoms with van der Waals surface area (Å²) >= 11 is 0.821. The fraction of sp³-hybridized carbons (Fsp3) is 0.111. The summed E-state index contributed by atoms with van der Waals surface area (Å²) in [7, 11) is 0. The van der Waals surface area contributed by atoms with E-state index in [2.05, 4.69) is 5.32 Å². The lowest BCUT2D eigenvalue weighted by Crippen LogP contribution is -2.32. The molecule has 132 valence electrons. The number of thioether (sulfide) groups is 1. The molecule has 1 aliphatic heterocycles. The maximum absolute atomic E-state index is 12.5. The number of carboxylic acids is 1. The summed E-state index contributed by atoms with van der Waals surface area (Å²) in [6.07, 6.45) is -0.154. The highest BCUT2D eigenvalue weighted by atomic mass is 32.2. The number of nitrogens with zero attached hydrogens (tertiary/aromatic N) is 1.